The number of aromatic amines is 1. The van der Waals surface area contributed by atoms with Crippen LogP contribution in [0.15, 0.2) is 23.4 Å². The topological polar surface area (TPSA) is 88.8 Å². The predicted octanol–water partition coefficient (Wildman–Crippen LogP) is 2.74. The Labute approximate surface area is 124 Å². The van der Waals surface area contributed by atoms with Crippen molar-refractivity contribution >= 4 is 26.6 Å². The molecule has 2 unspecified atom stereocenters. The molecule has 21 heavy (non-hydrogen) atoms. The minimum atomic E-state index is -3.41. The van der Waals surface area contributed by atoms with Gasteiger partial charge in [-0.1, -0.05) is 13.8 Å². The lowest BCUT2D eigenvalue weighted by molar-refractivity contribution is 0.301. The van der Waals surface area contributed by atoms with Crippen LogP contribution in [0.1, 0.15) is 33.1 Å². The Bertz CT molecular complexity index is 756. The van der Waals surface area contributed by atoms with E-state index in [1.54, 1.807) is 18.2 Å². The zero-order valence-electron chi connectivity index (χ0n) is 12.3. The summed E-state index contributed by atoms with van der Waals surface area (Å²) >= 11 is 0. The SMILES string of the molecule is CC1CC(C)CC(S(=O)(=O)c2nc3ccc(N)cc3[nH]2)C1. The van der Waals surface area contributed by atoms with Gasteiger partial charge in [0.2, 0.25) is 15.0 Å². The molecule has 114 valence electrons. The zero-order chi connectivity index (χ0) is 15.2. The molecule has 1 aromatic heterocycles. The fourth-order valence-corrected chi connectivity index (χ4v) is 5.38. The average molecular weight is 307 g/mol. The Hall–Kier alpha value is -1.56. The summed E-state index contributed by atoms with van der Waals surface area (Å²) in [5.41, 5.74) is 7.63. The maximum atomic E-state index is 12.8. The van der Waals surface area contributed by atoms with Crippen LogP contribution in [0.25, 0.3) is 11.0 Å². The van der Waals surface area contributed by atoms with E-state index in [1.165, 1.54) is 0 Å². The molecule has 6 heteroatoms. The summed E-state index contributed by atoms with van der Waals surface area (Å²) in [6, 6.07) is 5.18. The summed E-state index contributed by atoms with van der Waals surface area (Å²) in [6.45, 7) is 4.25. The highest BCUT2D eigenvalue weighted by atomic mass is 32.2. The third-order valence-corrected chi connectivity index (χ3v) is 6.32. The summed E-state index contributed by atoms with van der Waals surface area (Å²) < 4.78 is 25.6. The van der Waals surface area contributed by atoms with Crippen LogP contribution in [0.4, 0.5) is 5.69 Å². The normalized spacial score (nSPS) is 27.0. The van der Waals surface area contributed by atoms with Gasteiger partial charge in [0.25, 0.3) is 0 Å². The molecule has 1 saturated carbocycles. The molecule has 0 aliphatic heterocycles. The van der Waals surface area contributed by atoms with Gasteiger partial charge in [-0.15, -0.1) is 0 Å². The largest absolute Gasteiger partial charge is 0.399 e. The van der Waals surface area contributed by atoms with Crippen LogP contribution in [0.2, 0.25) is 0 Å². The van der Waals surface area contributed by atoms with Crippen molar-refractivity contribution in [3.05, 3.63) is 18.2 Å². The van der Waals surface area contributed by atoms with Gasteiger partial charge in [0.15, 0.2) is 0 Å². The Morgan fingerprint density at radius 1 is 1.19 bits per heavy atom. The molecular formula is C15H21N3O2S. The number of nitrogens with one attached hydrogen (secondary N) is 1. The number of nitrogens with zero attached hydrogens (tertiary/aromatic N) is 1. The summed E-state index contributed by atoms with van der Waals surface area (Å²) in [7, 11) is -3.41. The molecule has 0 spiro atoms. The molecule has 3 rings (SSSR count). The maximum absolute atomic E-state index is 12.8. The van der Waals surface area contributed by atoms with Crippen LogP contribution in [0, 0.1) is 11.8 Å². The lowest BCUT2D eigenvalue weighted by Crippen LogP contribution is -2.31. The van der Waals surface area contributed by atoms with Gasteiger partial charge in [0.05, 0.1) is 16.3 Å². The average Bonchev–Trinajstić information content (AvgIpc) is 2.81. The quantitative estimate of drug-likeness (QED) is 0.835. The number of imidazole rings is 1. The highest BCUT2D eigenvalue weighted by molar-refractivity contribution is 7.91. The number of rotatable bonds is 2. The zero-order valence-corrected chi connectivity index (χ0v) is 13.2. The highest BCUT2D eigenvalue weighted by Crippen LogP contribution is 2.34. The highest BCUT2D eigenvalue weighted by Gasteiger charge is 2.36. The van der Waals surface area contributed by atoms with E-state index in [4.69, 9.17) is 5.73 Å². The number of benzene rings is 1. The van der Waals surface area contributed by atoms with Crippen molar-refractivity contribution in [2.24, 2.45) is 11.8 Å². The van der Waals surface area contributed by atoms with E-state index in [1.807, 2.05) is 0 Å². The Morgan fingerprint density at radius 2 is 1.86 bits per heavy atom. The lowest BCUT2D eigenvalue weighted by Gasteiger charge is -2.30. The summed E-state index contributed by atoms with van der Waals surface area (Å²) in [6.07, 6.45) is 2.53. The van der Waals surface area contributed by atoms with Crippen LogP contribution in [0.3, 0.4) is 0 Å². The van der Waals surface area contributed by atoms with E-state index >= 15 is 0 Å². The molecule has 1 aromatic carbocycles. The summed E-state index contributed by atoms with van der Waals surface area (Å²) in [4.78, 5) is 7.18. The monoisotopic (exact) mass is 307 g/mol. The van der Waals surface area contributed by atoms with Gasteiger partial charge in [0, 0.05) is 5.69 Å². The maximum Gasteiger partial charge on any atom is 0.226 e. The van der Waals surface area contributed by atoms with E-state index < -0.39 is 9.84 Å². The van der Waals surface area contributed by atoms with E-state index in [0.29, 0.717) is 41.4 Å². The molecule has 1 aliphatic carbocycles. The second kappa shape index (κ2) is 5.02. The van der Waals surface area contributed by atoms with Crippen molar-refractivity contribution in [2.75, 3.05) is 5.73 Å². The fraction of sp³-hybridized carbons (Fsp3) is 0.533. The molecule has 1 heterocycles. The van der Waals surface area contributed by atoms with Gasteiger partial charge in [0.1, 0.15) is 0 Å². The van der Waals surface area contributed by atoms with E-state index in [0.717, 1.165) is 6.42 Å². The number of anilines is 1. The second-order valence-electron chi connectivity index (χ2n) is 6.40. The number of nitrogens with two attached hydrogens (primary N) is 1. The predicted molar refractivity (Wildman–Crippen MR) is 83.7 cm³/mol. The first-order chi connectivity index (χ1) is 9.86. The van der Waals surface area contributed by atoms with Gasteiger partial charge in [-0.05, 0) is 49.3 Å². The Balaban J connectivity index is 1.99. The molecule has 0 bridgehead atoms. The van der Waals surface area contributed by atoms with Gasteiger partial charge in [-0.3, -0.25) is 0 Å². The molecule has 2 aromatic rings. The van der Waals surface area contributed by atoms with Gasteiger partial charge in [-0.2, -0.15) is 0 Å². The standard InChI is InChI=1S/C15H21N3O2S/c1-9-5-10(2)7-12(6-9)21(19,20)15-17-13-4-3-11(16)8-14(13)18-15/h3-4,8-10,12H,5-7,16H2,1-2H3,(H,17,18). The molecule has 0 saturated heterocycles. The van der Waals surface area contributed by atoms with E-state index in [9.17, 15) is 8.42 Å². The van der Waals surface area contributed by atoms with Crippen molar-refractivity contribution in [1.29, 1.82) is 0 Å². The second-order valence-corrected chi connectivity index (χ2v) is 8.55. The first-order valence-electron chi connectivity index (χ1n) is 7.35. The summed E-state index contributed by atoms with van der Waals surface area (Å²) in [5.74, 6) is 0.877. The summed E-state index contributed by atoms with van der Waals surface area (Å²) in [5, 5.41) is -0.261. The van der Waals surface area contributed by atoms with Gasteiger partial charge in [-0.25, -0.2) is 13.4 Å². The molecule has 0 amide bonds. The van der Waals surface area contributed by atoms with Crippen LogP contribution in [-0.2, 0) is 9.84 Å². The first-order valence-corrected chi connectivity index (χ1v) is 8.90. The third kappa shape index (κ3) is 2.64. The molecule has 5 nitrogen and oxygen atoms in total. The van der Waals surface area contributed by atoms with Crippen LogP contribution in [-0.4, -0.2) is 23.6 Å². The number of nitrogen functional groups attached to an aromatic ring is 1. The van der Waals surface area contributed by atoms with Crippen molar-refractivity contribution < 1.29 is 8.42 Å². The number of H-pyrrole nitrogens is 1. The van der Waals surface area contributed by atoms with Gasteiger partial charge < -0.3 is 10.7 Å². The minimum absolute atomic E-state index is 0.0781. The number of aromatic nitrogens is 2. The Kier molecular flexibility index (Phi) is 3.43. The number of sulfone groups is 1. The lowest BCUT2D eigenvalue weighted by atomic mass is 9.83. The molecule has 1 fully saturated rings. The van der Waals surface area contributed by atoms with Crippen LogP contribution >= 0.6 is 0 Å². The molecular weight excluding hydrogens is 286 g/mol. The van der Waals surface area contributed by atoms with Gasteiger partial charge >= 0.3 is 0 Å². The van der Waals surface area contributed by atoms with E-state index in [2.05, 4.69) is 23.8 Å². The first kappa shape index (κ1) is 14.4. The van der Waals surface area contributed by atoms with Crippen molar-refractivity contribution in [3.8, 4) is 0 Å². The van der Waals surface area contributed by atoms with Crippen molar-refractivity contribution in [1.82, 2.24) is 9.97 Å². The third-order valence-electron chi connectivity index (χ3n) is 4.33. The molecule has 3 N–H and O–H groups in total. The smallest absolute Gasteiger partial charge is 0.226 e. The van der Waals surface area contributed by atoms with Crippen LogP contribution in [0.5, 0.6) is 0 Å². The van der Waals surface area contributed by atoms with Crippen LogP contribution < -0.4 is 5.73 Å². The number of hydrogen-bond donors (Lipinski definition) is 2. The molecule has 0 radical (unpaired) electrons. The van der Waals surface area contributed by atoms with E-state index in [-0.39, 0.29) is 10.4 Å². The fourth-order valence-electron chi connectivity index (χ4n) is 3.42. The van der Waals surface area contributed by atoms with Crippen molar-refractivity contribution in [2.45, 2.75) is 43.5 Å². The molecule has 1 aliphatic rings. The number of hydrogen-bond acceptors (Lipinski definition) is 4. The Morgan fingerprint density at radius 3 is 2.52 bits per heavy atom. The minimum Gasteiger partial charge on any atom is -0.399 e. The number of fused-ring (bicyclic) bond motifs is 1. The van der Waals surface area contributed by atoms with Crippen molar-refractivity contribution in [3.63, 3.8) is 0 Å². The molecule has 2 atom stereocenters.